The summed E-state index contributed by atoms with van der Waals surface area (Å²) in [5.41, 5.74) is 4.23. The minimum Gasteiger partial charge on any atom is -0.311 e. The van der Waals surface area contributed by atoms with Crippen molar-refractivity contribution in [1.82, 2.24) is 10.6 Å². The average Bonchev–Trinajstić information content (AvgIpc) is 2.49. The fraction of sp³-hybridized carbons (Fsp3) is 0.333. The van der Waals surface area contributed by atoms with E-state index >= 15 is 0 Å². The Kier molecular flexibility index (Phi) is 4.14. The van der Waals surface area contributed by atoms with Gasteiger partial charge in [0.2, 0.25) is 0 Å². The summed E-state index contributed by atoms with van der Waals surface area (Å²) in [6.45, 7) is 5.32. The van der Waals surface area contributed by atoms with Crippen LogP contribution < -0.4 is 10.6 Å². The van der Waals surface area contributed by atoms with Crippen LogP contribution >= 0.6 is 0 Å². The first kappa shape index (κ1) is 13.3. The normalized spacial score (nSPS) is 20.6. The molecule has 2 unspecified atom stereocenters. The van der Waals surface area contributed by atoms with Crippen molar-refractivity contribution >= 4 is 0 Å². The Morgan fingerprint density at radius 1 is 0.950 bits per heavy atom. The third-order valence-corrected chi connectivity index (χ3v) is 4.20. The zero-order chi connectivity index (χ0) is 13.8. The molecule has 1 aliphatic rings. The summed E-state index contributed by atoms with van der Waals surface area (Å²) in [5.74, 6) is 0.468. The van der Waals surface area contributed by atoms with Gasteiger partial charge >= 0.3 is 0 Å². The van der Waals surface area contributed by atoms with E-state index in [-0.39, 0.29) is 0 Å². The SMILES string of the molecule is CC(c1ccccc1)C1NCCNCc2ccccc21. The van der Waals surface area contributed by atoms with E-state index < -0.39 is 0 Å². The van der Waals surface area contributed by atoms with Gasteiger partial charge in [-0.2, -0.15) is 0 Å². The van der Waals surface area contributed by atoms with E-state index in [0.717, 1.165) is 19.6 Å². The van der Waals surface area contributed by atoms with Crippen LogP contribution in [0, 0.1) is 0 Å². The van der Waals surface area contributed by atoms with Gasteiger partial charge in [-0.15, -0.1) is 0 Å². The van der Waals surface area contributed by atoms with E-state index in [1.807, 2.05) is 0 Å². The van der Waals surface area contributed by atoms with Gasteiger partial charge < -0.3 is 10.6 Å². The number of rotatable bonds is 2. The Morgan fingerprint density at radius 2 is 1.70 bits per heavy atom. The second-order valence-electron chi connectivity index (χ2n) is 5.51. The third kappa shape index (κ3) is 2.77. The summed E-state index contributed by atoms with van der Waals surface area (Å²) in [7, 11) is 0. The zero-order valence-corrected chi connectivity index (χ0v) is 12.0. The smallest absolute Gasteiger partial charge is 0.0390 e. The lowest BCUT2D eigenvalue weighted by Gasteiger charge is -2.30. The molecular weight excluding hydrogens is 244 g/mol. The molecule has 2 heteroatoms. The first-order valence-electron chi connectivity index (χ1n) is 7.43. The highest BCUT2D eigenvalue weighted by Crippen LogP contribution is 2.32. The zero-order valence-electron chi connectivity index (χ0n) is 12.0. The lowest BCUT2D eigenvalue weighted by Crippen LogP contribution is -2.36. The van der Waals surface area contributed by atoms with Crippen LogP contribution in [0.25, 0.3) is 0 Å². The number of hydrogen-bond acceptors (Lipinski definition) is 2. The van der Waals surface area contributed by atoms with Crippen LogP contribution in [-0.4, -0.2) is 13.1 Å². The largest absolute Gasteiger partial charge is 0.311 e. The van der Waals surface area contributed by atoms with Crippen LogP contribution in [0.15, 0.2) is 54.6 Å². The molecule has 1 heterocycles. The molecule has 0 aromatic heterocycles. The third-order valence-electron chi connectivity index (χ3n) is 4.20. The Balaban J connectivity index is 1.96. The first-order chi connectivity index (χ1) is 9.86. The minimum absolute atomic E-state index is 0.385. The van der Waals surface area contributed by atoms with Gasteiger partial charge in [0, 0.05) is 31.6 Å². The molecule has 2 aromatic rings. The number of benzene rings is 2. The average molecular weight is 266 g/mol. The quantitative estimate of drug-likeness (QED) is 0.872. The van der Waals surface area contributed by atoms with E-state index in [0.29, 0.717) is 12.0 Å². The van der Waals surface area contributed by atoms with Crippen LogP contribution in [0.2, 0.25) is 0 Å². The molecule has 2 aromatic carbocycles. The minimum atomic E-state index is 0.385. The Hall–Kier alpha value is -1.64. The van der Waals surface area contributed by atoms with Gasteiger partial charge in [0.15, 0.2) is 0 Å². The maximum Gasteiger partial charge on any atom is 0.0390 e. The summed E-state index contributed by atoms with van der Waals surface area (Å²) in [4.78, 5) is 0. The van der Waals surface area contributed by atoms with Crippen LogP contribution in [0.5, 0.6) is 0 Å². The highest BCUT2D eigenvalue weighted by molar-refractivity contribution is 5.34. The predicted octanol–water partition coefficient (Wildman–Crippen LogP) is 3.22. The van der Waals surface area contributed by atoms with Gasteiger partial charge in [0.1, 0.15) is 0 Å². The maximum absolute atomic E-state index is 3.71. The van der Waals surface area contributed by atoms with E-state index in [2.05, 4.69) is 72.2 Å². The van der Waals surface area contributed by atoms with Gasteiger partial charge in [-0.1, -0.05) is 61.5 Å². The molecule has 0 radical (unpaired) electrons. The van der Waals surface area contributed by atoms with Crippen molar-refractivity contribution < 1.29 is 0 Å². The molecule has 0 amide bonds. The molecule has 2 N–H and O–H groups in total. The summed E-state index contributed by atoms with van der Waals surface area (Å²) in [5, 5.41) is 7.19. The van der Waals surface area contributed by atoms with Crippen molar-refractivity contribution in [3.8, 4) is 0 Å². The Bertz CT molecular complexity index is 550. The molecule has 1 aliphatic heterocycles. The van der Waals surface area contributed by atoms with Gasteiger partial charge in [0.25, 0.3) is 0 Å². The van der Waals surface area contributed by atoms with E-state index in [9.17, 15) is 0 Å². The van der Waals surface area contributed by atoms with Crippen molar-refractivity contribution in [3.05, 3.63) is 71.3 Å². The van der Waals surface area contributed by atoms with E-state index in [4.69, 9.17) is 0 Å². The molecule has 0 saturated carbocycles. The number of fused-ring (bicyclic) bond motifs is 1. The summed E-state index contributed by atoms with van der Waals surface area (Å²) >= 11 is 0. The second-order valence-corrected chi connectivity index (χ2v) is 5.51. The number of hydrogen-bond donors (Lipinski definition) is 2. The molecule has 0 saturated heterocycles. The molecule has 0 spiro atoms. The molecule has 2 atom stereocenters. The Morgan fingerprint density at radius 3 is 2.55 bits per heavy atom. The maximum atomic E-state index is 3.71. The summed E-state index contributed by atoms with van der Waals surface area (Å²) in [6.07, 6.45) is 0. The van der Waals surface area contributed by atoms with Crippen molar-refractivity contribution in [2.45, 2.75) is 25.4 Å². The standard InChI is InChI=1S/C18H22N2/c1-14(15-7-3-2-4-8-15)18-17-10-6-5-9-16(17)13-19-11-12-20-18/h2-10,14,18-20H,11-13H2,1H3. The molecule has 104 valence electrons. The molecule has 0 bridgehead atoms. The molecule has 0 aliphatic carbocycles. The fourth-order valence-corrected chi connectivity index (χ4v) is 3.04. The highest BCUT2D eigenvalue weighted by Gasteiger charge is 2.23. The molecular formula is C18H22N2. The van der Waals surface area contributed by atoms with Gasteiger partial charge in [-0.25, -0.2) is 0 Å². The first-order valence-corrected chi connectivity index (χ1v) is 7.43. The van der Waals surface area contributed by atoms with Gasteiger partial charge in [0.05, 0.1) is 0 Å². The molecule has 0 fully saturated rings. The molecule has 3 rings (SSSR count). The van der Waals surface area contributed by atoms with Gasteiger partial charge in [-0.3, -0.25) is 0 Å². The Labute approximate surface area is 121 Å². The predicted molar refractivity (Wildman–Crippen MR) is 83.7 cm³/mol. The van der Waals surface area contributed by atoms with Crippen molar-refractivity contribution in [3.63, 3.8) is 0 Å². The van der Waals surface area contributed by atoms with Crippen molar-refractivity contribution in [2.75, 3.05) is 13.1 Å². The molecule has 20 heavy (non-hydrogen) atoms. The number of nitrogens with one attached hydrogen (secondary N) is 2. The van der Waals surface area contributed by atoms with E-state index in [1.165, 1.54) is 16.7 Å². The summed E-state index contributed by atoms with van der Waals surface area (Å²) in [6, 6.07) is 20.0. The van der Waals surface area contributed by atoms with Crippen molar-refractivity contribution in [2.24, 2.45) is 0 Å². The van der Waals surface area contributed by atoms with E-state index in [1.54, 1.807) is 0 Å². The second kappa shape index (κ2) is 6.21. The van der Waals surface area contributed by atoms with Gasteiger partial charge in [-0.05, 0) is 16.7 Å². The van der Waals surface area contributed by atoms with Crippen LogP contribution in [0.4, 0.5) is 0 Å². The van der Waals surface area contributed by atoms with Crippen LogP contribution in [0.1, 0.15) is 35.6 Å². The van der Waals surface area contributed by atoms with Crippen molar-refractivity contribution in [1.29, 1.82) is 0 Å². The topological polar surface area (TPSA) is 24.1 Å². The van der Waals surface area contributed by atoms with Crippen LogP contribution in [-0.2, 0) is 6.54 Å². The highest BCUT2D eigenvalue weighted by atomic mass is 15.0. The fourth-order valence-electron chi connectivity index (χ4n) is 3.04. The molecule has 2 nitrogen and oxygen atoms in total. The van der Waals surface area contributed by atoms with Crippen LogP contribution in [0.3, 0.4) is 0 Å². The lowest BCUT2D eigenvalue weighted by molar-refractivity contribution is 0.442. The monoisotopic (exact) mass is 266 g/mol. The summed E-state index contributed by atoms with van der Waals surface area (Å²) < 4.78 is 0. The lowest BCUT2D eigenvalue weighted by atomic mass is 9.86.